The molecule has 2 amide bonds. The van der Waals surface area contributed by atoms with E-state index in [4.69, 9.17) is 15.1 Å². The molecule has 7 nitrogen and oxygen atoms in total. The van der Waals surface area contributed by atoms with Gasteiger partial charge in [0.15, 0.2) is 6.10 Å². The smallest absolute Gasteiger partial charge is 0.320 e. The maximum absolute atomic E-state index is 12.3. The van der Waals surface area contributed by atoms with Crippen LogP contribution in [0.25, 0.3) is 0 Å². The van der Waals surface area contributed by atoms with Gasteiger partial charge >= 0.3 is 12.0 Å². The van der Waals surface area contributed by atoms with Gasteiger partial charge in [-0.25, -0.2) is 4.79 Å². The summed E-state index contributed by atoms with van der Waals surface area (Å²) in [5.41, 5.74) is 0. The molecule has 0 saturated carbocycles. The molecule has 2 saturated heterocycles. The molecule has 2 fully saturated rings. The van der Waals surface area contributed by atoms with Crippen molar-refractivity contribution in [3.05, 3.63) is 0 Å². The lowest BCUT2D eigenvalue weighted by atomic mass is 10.0. The Kier molecular flexibility index (Phi) is 3.90. The van der Waals surface area contributed by atoms with Gasteiger partial charge in [-0.05, 0) is 13.3 Å². The van der Waals surface area contributed by atoms with Crippen LogP contribution in [0.1, 0.15) is 13.3 Å². The highest BCUT2D eigenvalue weighted by Gasteiger charge is 2.40. The summed E-state index contributed by atoms with van der Waals surface area (Å²) in [6.45, 7) is 3.24. The lowest BCUT2D eigenvalue weighted by molar-refractivity contribution is -0.142. The summed E-state index contributed by atoms with van der Waals surface area (Å²) in [6.07, 6.45) is -0.111. The fourth-order valence-electron chi connectivity index (χ4n) is 2.62. The topological polar surface area (TPSA) is 93.9 Å². The molecule has 7 heteroatoms. The number of aliphatic carboxylic acids is 1. The summed E-state index contributed by atoms with van der Waals surface area (Å²) in [5, 5.41) is 17.9. The fraction of sp³-hybridized carbons (Fsp3) is 0.750. The first kappa shape index (κ1) is 13.6. The van der Waals surface area contributed by atoms with Crippen molar-refractivity contribution >= 4 is 12.0 Å². The average molecular weight is 267 g/mol. The molecule has 3 unspecified atom stereocenters. The van der Waals surface area contributed by atoms with Gasteiger partial charge in [0.25, 0.3) is 0 Å². The predicted octanol–water partition coefficient (Wildman–Crippen LogP) is 0.126. The second-order valence-electron chi connectivity index (χ2n) is 4.88. The molecule has 3 atom stereocenters. The fourth-order valence-corrected chi connectivity index (χ4v) is 2.62. The number of carbonyl (C=O) groups is 2. The second-order valence-corrected chi connectivity index (χ2v) is 4.88. The third-order valence-electron chi connectivity index (χ3n) is 3.80. The maximum atomic E-state index is 12.3. The first-order valence-corrected chi connectivity index (χ1v) is 6.34. The number of ether oxygens (including phenoxy) is 1. The maximum Gasteiger partial charge on any atom is 0.320 e. The van der Waals surface area contributed by atoms with E-state index in [-0.39, 0.29) is 18.6 Å². The summed E-state index contributed by atoms with van der Waals surface area (Å²) >= 11 is 0. The number of hydrogen-bond donors (Lipinski definition) is 1. The molecule has 0 radical (unpaired) electrons. The van der Waals surface area contributed by atoms with Gasteiger partial charge in [-0.2, -0.15) is 5.26 Å². The minimum Gasteiger partial charge on any atom is -0.481 e. The minimum absolute atomic E-state index is 0.195. The van der Waals surface area contributed by atoms with Crippen LogP contribution in [0.15, 0.2) is 0 Å². The van der Waals surface area contributed by atoms with E-state index < -0.39 is 18.0 Å². The Balaban J connectivity index is 2.01. The number of rotatable bonds is 1. The molecule has 2 heterocycles. The number of amides is 2. The normalized spacial score (nSPS) is 31.1. The van der Waals surface area contributed by atoms with Gasteiger partial charge < -0.3 is 19.6 Å². The number of urea groups is 1. The number of likely N-dealkylation sites (tertiary alicyclic amines) is 1. The minimum atomic E-state index is -0.861. The summed E-state index contributed by atoms with van der Waals surface area (Å²) in [4.78, 5) is 26.5. The van der Waals surface area contributed by atoms with Crippen LogP contribution in [0.2, 0.25) is 0 Å². The molecule has 2 aliphatic heterocycles. The van der Waals surface area contributed by atoms with Gasteiger partial charge in [0.2, 0.25) is 0 Å². The van der Waals surface area contributed by atoms with E-state index in [2.05, 4.69) is 0 Å². The largest absolute Gasteiger partial charge is 0.481 e. The first-order chi connectivity index (χ1) is 9.04. The van der Waals surface area contributed by atoms with Crippen LogP contribution in [0.5, 0.6) is 0 Å². The Hall–Kier alpha value is -1.81. The average Bonchev–Trinajstić information content (AvgIpc) is 2.80. The molecular weight excluding hydrogens is 250 g/mol. The Bertz CT molecular complexity index is 420. The summed E-state index contributed by atoms with van der Waals surface area (Å²) in [5.74, 6) is -1.36. The monoisotopic (exact) mass is 267 g/mol. The molecule has 0 aromatic rings. The van der Waals surface area contributed by atoms with E-state index in [0.29, 0.717) is 26.1 Å². The second kappa shape index (κ2) is 5.45. The highest BCUT2D eigenvalue weighted by Crippen LogP contribution is 2.25. The zero-order valence-electron chi connectivity index (χ0n) is 10.8. The van der Waals surface area contributed by atoms with Crippen LogP contribution in [0, 0.1) is 17.2 Å². The van der Waals surface area contributed by atoms with E-state index in [1.54, 1.807) is 16.7 Å². The number of nitrogens with zero attached hydrogens (tertiary/aromatic N) is 3. The van der Waals surface area contributed by atoms with Gasteiger partial charge in [0.1, 0.15) is 0 Å². The molecular formula is C12H17N3O4. The highest BCUT2D eigenvalue weighted by molar-refractivity contribution is 5.78. The molecule has 0 aromatic heterocycles. The summed E-state index contributed by atoms with van der Waals surface area (Å²) in [6, 6.07) is 1.48. The first-order valence-electron chi connectivity index (χ1n) is 6.34. The third kappa shape index (κ3) is 2.63. The van der Waals surface area contributed by atoms with E-state index >= 15 is 0 Å². The standard InChI is InChI=1S/C12H17N3O4/c1-8-10(11(16)17)2-3-15(8)12(18)14-4-5-19-9(6-13)7-14/h8-10H,2-5,7H2,1H3,(H,16,17). The van der Waals surface area contributed by atoms with Crippen LogP contribution < -0.4 is 0 Å². The molecule has 104 valence electrons. The van der Waals surface area contributed by atoms with Gasteiger partial charge in [-0.3, -0.25) is 4.79 Å². The number of hydrogen-bond acceptors (Lipinski definition) is 4. The lowest BCUT2D eigenvalue weighted by Crippen LogP contribution is -2.52. The lowest BCUT2D eigenvalue weighted by Gasteiger charge is -2.34. The van der Waals surface area contributed by atoms with Crippen LogP contribution >= 0.6 is 0 Å². The van der Waals surface area contributed by atoms with Crippen molar-refractivity contribution in [1.29, 1.82) is 5.26 Å². The van der Waals surface area contributed by atoms with Crippen molar-refractivity contribution in [2.75, 3.05) is 26.2 Å². The van der Waals surface area contributed by atoms with Crippen molar-refractivity contribution < 1.29 is 19.4 Å². The van der Waals surface area contributed by atoms with Gasteiger partial charge in [-0.1, -0.05) is 0 Å². The summed E-state index contributed by atoms with van der Waals surface area (Å²) in [7, 11) is 0. The molecule has 0 spiro atoms. The van der Waals surface area contributed by atoms with Crippen molar-refractivity contribution in [2.45, 2.75) is 25.5 Å². The van der Waals surface area contributed by atoms with Crippen molar-refractivity contribution in [1.82, 2.24) is 9.80 Å². The zero-order valence-corrected chi connectivity index (χ0v) is 10.8. The van der Waals surface area contributed by atoms with E-state index in [1.165, 1.54) is 0 Å². The third-order valence-corrected chi connectivity index (χ3v) is 3.80. The SMILES string of the molecule is CC1C(C(=O)O)CCN1C(=O)N1CCOC(C#N)C1. The molecule has 2 rings (SSSR count). The Morgan fingerprint density at radius 2 is 2.16 bits per heavy atom. The molecule has 0 bridgehead atoms. The molecule has 1 N–H and O–H groups in total. The van der Waals surface area contributed by atoms with Crippen molar-refractivity contribution in [3.63, 3.8) is 0 Å². The Morgan fingerprint density at radius 1 is 1.42 bits per heavy atom. The van der Waals surface area contributed by atoms with Crippen molar-refractivity contribution in [2.24, 2.45) is 5.92 Å². The van der Waals surface area contributed by atoms with Gasteiger partial charge in [0.05, 0.1) is 25.1 Å². The number of nitriles is 1. The van der Waals surface area contributed by atoms with Crippen LogP contribution in [-0.2, 0) is 9.53 Å². The van der Waals surface area contributed by atoms with E-state index in [0.717, 1.165) is 0 Å². The highest BCUT2D eigenvalue weighted by atomic mass is 16.5. The van der Waals surface area contributed by atoms with Gasteiger partial charge in [0, 0.05) is 19.1 Å². The molecule has 0 aromatic carbocycles. The molecule has 19 heavy (non-hydrogen) atoms. The predicted molar refractivity (Wildman–Crippen MR) is 64.2 cm³/mol. The van der Waals surface area contributed by atoms with Gasteiger partial charge in [-0.15, -0.1) is 0 Å². The van der Waals surface area contributed by atoms with Crippen LogP contribution in [-0.4, -0.2) is 65.3 Å². The van der Waals surface area contributed by atoms with Crippen molar-refractivity contribution in [3.8, 4) is 6.07 Å². The quantitative estimate of drug-likeness (QED) is 0.728. The zero-order chi connectivity index (χ0) is 14.0. The number of carbonyl (C=O) groups excluding carboxylic acids is 1. The van der Waals surface area contributed by atoms with Crippen LogP contribution in [0.3, 0.4) is 0 Å². The Labute approximate surface area is 111 Å². The Morgan fingerprint density at radius 3 is 2.74 bits per heavy atom. The number of carboxylic acids is 1. The number of morpholine rings is 1. The molecule has 2 aliphatic rings. The van der Waals surface area contributed by atoms with E-state index in [1.807, 2.05) is 6.07 Å². The summed E-state index contributed by atoms with van der Waals surface area (Å²) < 4.78 is 5.19. The number of carboxylic acid groups (broad SMARTS) is 1. The van der Waals surface area contributed by atoms with Crippen LogP contribution in [0.4, 0.5) is 4.79 Å². The van der Waals surface area contributed by atoms with E-state index in [9.17, 15) is 9.59 Å². The molecule has 0 aliphatic carbocycles.